The molecule has 0 unspecified atom stereocenters. The topological polar surface area (TPSA) is 75.4 Å². The molecule has 5 nitrogen and oxygen atoms in total. The second-order valence-corrected chi connectivity index (χ2v) is 6.04. The summed E-state index contributed by atoms with van der Waals surface area (Å²) in [6, 6.07) is 10.2. The van der Waals surface area contributed by atoms with Gasteiger partial charge in [0.2, 0.25) is 11.8 Å². The molecular weight excluding hydrogens is 314 g/mol. The molecule has 0 saturated carbocycles. The van der Waals surface area contributed by atoms with Gasteiger partial charge in [-0.1, -0.05) is 30.3 Å². The zero-order valence-corrected chi connectivity index (χ0v) is 14.3. The number of amides is 2. The minimum Gasteiger partial charge on any atom is -0.370 e. The molecule has 1 aliphatic heterocycles. The zero-order chi connectivity index (χ0) is 15.9. The summed E-state index contributed by atoms with van der Waals surface area (Å²) >= 11 is 0. The molecular formula is C17H26ClN3O2. The normalized spacial score (nSPS) is 20.4. The number of hydrogen-bond acceptors (Lipinski definition) is 3. The van der Waals surface area contributed by atoms with Crippen molar-refractivity contribution in [1.29, 1.82) is 0 Å². The number of nitrogens with one attached hydrogen (secondary N) is 1. The fourth-order valence-corrected chi connectivity index (χ4v) is 2.93. The largest absolute Gasteiger partial charge is 0.370 e. The second kappa shape index (κ2) is 9.53. The molecule has 0 radical (unpaired) electrons. The van der Waals surface area contributed by atoms with Crippen LogP contribution in [0.4, 0.5) is 0 Å². The van der Waals surface area contributed by atoms with E-state index in [1.807, 2.05) is 30.3 Å². The molecule has 0 spiro atoms. The van der Waals surface area contributed by atoms with Crippen LogP contribution in [0, 0.1) is 5.92 Å². The van der Waals surface area contributed by atoms with E-state index in [2.05, 4.69) is 12.2 Å². The van der Waals surface area contributed by atoms with Gasteiger partial charge in [-0.15, -0.1) is 12.4 Å². The Morgan fingerprint density at radius 2 is 2.00 bits per heavy atom. The fourth-order valence-electron chi connectivity index (χ4n) is 2.93. The quantitative estimate of drug-likeness (QED) is 0.828. The second-order valence-electron chi connectivity index (χ2n) is 6.04. The number of rotatable bonds is 6. The lowest BCUT2D eigenvalue weighted by Gasteiger charge is -2.32. The lowest BCUT2D eigenvalue weighted by molar-refractivity contribution is -0.137. The Morgan fingerprint density at radius 3 is 2.61 bits per heavy atom. The maximum Gasteiger partial charge on any atom is 0.226 e. The summed E-state index contributed by atoms with van der Waals surface area (Å²) in [7, 11) is 0. The average Bonchev–Trinajstić information content (AvgIpc) is 2.51. The number of carbonyl (C=O) groups excluding carboxylic acids is 2. The molecule has 128 valence electrons. The van der Waals surface area contributed by atoms with Gasteiger partial charge in [0.05, 0.1) is 0 Å². The molecule has 0 bridgehead atoms. The van der Waals surface area contributed by atoms with Gasteiger partial charge in [0.25, 0.3) is 0 Å². The molecule has 1 heterocycles. The van der Waals surface area contributed by atoms with Gasteiger partial charge in [0, 0.05) is 31.5 Å². The van der Waals surface area contributed by atoms with Crippen LogP contribution in [0.2, 0.25) is 0 Å². The van der Waals surface area contributed by atoms with Crippen molar-refractivity contribution in [3.8, 4) is 0 Å². The Bertz CT molecular complexity index is 510. The van der Waals surface area contributed by atoms with Crippen molar-refractivity contribution in [2.45, 2.75) is 38.8 Å². The third-order valence-electron chi connectivity index (χ3n) is 4.13. The van der Waals surface area contributed by atoms with Crippen LogP contribution in [0.25, 0.3) is 0 Å². The predicted molar refractivity (Wildman–Crippen MR) is 93.1 cm³/mol. The molecule has 3 N–H and O–H groups in total. The van der Waals surface area contributed by atoms with Gasteiger partial charge >= 0.3 is 0 Å². The highest BCUT2D eigenvalue weighted by molar-refractivity contribution is 5.85. The van der Waals surface area contributed by atoms with E-state index in [-0.39, 0.29) is 36.6 Å². The number of nitrogens with zero attached hydrogens (tertiary/aromatic N) is 1. The third kappa shape index (κ3) is 6.20. The predicted octanol–water partition coefficient (Wildman–Crippen LogP) is 1.70. The zero-order valence-electron chi connectivity index (χ0n) is 13.5. The van der Waals surface area contributed by atoms with Crippen molar-refractivity contribution in [2.75, 3.05) is 13.1 Å². The van der Waals surface area contributed by atoms with E-state index >= 15 is 0 Å². The van der Waals surface area contributed by atoms with Gasteiger partial charge in [0.15, 0.2) is 0 Å². The molecule has 2 amide bonds. The van der Waals surface area contributed by atoms with Crippen molar-refractivity contribution >= 4 is 24.2 Å². The summed E-state index contributed by atoms with van der Waals surface area (Å²) in [4.78, 5) is 25.7. The summed E-state index contributed by atoms with van der Waals surface area (Å²) in [6.07, 6.45) is 1.91. The summed E-state index contributed by atoms with van der Waals surface area (Å²) in [5.74, 6) is -0.198. The highest BCUT2D eigenvalue weighted by Crippen LogP contribution is 2.20. The van der Waals surface area contributed by atoms with E-state index in [1.165, 1.54) is 0 Å². The molecule has 23 heavy (non-hydrogen) atoms. The first-order valence-electron chi connectivity index (χ1n) is 7.90. The third-order valence-corrected chi connectivity index (χ3v) is 4.13. The van der Waals surface area contributed by atoms with Crippen LogP contribution < -0.4 is 11.1 Å². The lowest BCUT2D eigenvalue weighted by Crippen LogP contribution is -2.44. The molecule has 2 rings (SSSR count). The Morgan fingerprint density at radius 1 is 1.30 bits per heavy atom. The molecule has 1 saturated heterocycles. The fraction of sp³-hybridized carbons (Fsp3) is 0.529. The van der Waals surface area contributed by atoms with Gasteiger partial charge in [-0.3, -0.25) is 9.59 Å². The first kappa shape index (κ1) is 19.5. The van der Waals surface area contributed by atoms with E-state index < -0.39 is 0 Å². The van der Waals surface area contributed by atoms with Gasteiger partial charge in [-0.25, -0.2) is 0 Å². The summed E-state index contributed by atoms with van der Waals surface area (Å²) in [5.41, 5.74) is 6.32. The van der Waals surface area contributed by atoms with Crippen LogP contribution in [-0.2, 0) is 16.1 Å². The maximum atomic E-state index is 12.8. The number of piperidine rings is 1. The van der Waals surface area contributed by atoms with Gasteiger partial charge in [-0.05, 0) is 31.9 Å². The number of nitrogens with two attached hydrogens (primary N) is 1. The first-order chi connectivity index (χ1) is 10.6. The first-order valence-corrected chi connectivity index (χ1v) is 7.90. The summed E-state index contributed by atoms with van der Waals surface area (Å²) < 4.78 is 0. The number of benzene rings is 1. The van der Waals surface area contributed by atoms with Crippen molar-refractivity contribution in [1.82, 2.24) is 10.2 Å². The monoisotopic (exact) mass is 339 g/mol. The highest BCUT2D eigenvalue weighted by Gasteiger charge is 2.28. The van der Waals surface area contributed by atoms with Crippen LogP contribution in [-0.4, -0.2) is 35.8 Å². The molecule has 1 fully saturated rings. The van der Waals surface area contributed by atoms with Crippen LogP contribution in [0.15, 0.2) is 30.3 Å². The Hall–Kier alpha value is -1.59. The highest BCUT2D eigenvalue weighted by atomic mass is 35.5. The number of hydrogen-bond donors (Lipinski definition) is 2. The van der Waals surface area contributed by atoms with Crippen molar-refractivity contribution < 1.29 is 9.59 Å². The number of carbonyl (C=O) groups is 2. The van der Waals surface area contributed by atoms with E-state index in [0.717, 1.165) is 24.9 Å². The molecule has 1 aromatic rings. The van der Waals surface area contributed by atoms with Gasteiger partial charge < -0.3 is 16.0 Å². The summed E-state index contributed by atoms with van der Waals surface area (Å²) in [5, 5.41) is 3.36. The van der Waals surface area contributed by atoms with Crippen molar-refractivity contribution in [3.63, 3.8) is 0 Å². The molecule has 1 aliphatic rings. The van der Waals surface area contributed by atoms with E-state index in [0.29, 0.717) is 19.1 Å². The lowest BCUT2D eigenvalue weighted by atomic mass is 9.91. The smallest absolute Gasteiger partial charge is 0.226 e. The minimum absolute atomic E-state index is 0. The SMILES string of the molecule is C[C@H]1C[C@@H](C(=O)N(CCC(N)=O)Cc2ccccc2)CCN1.Cl. The van der Waals surface area contributed by atoms with Crippen molar-refractivity contribution in [2.24, 2.45) is 11.7 Å². The molecule has 6 heteroatoms. The van der Waals surface area contributed by atoms with E-state index in [1.54, 1.807) is 4.90 Å². The average molecular weight is 340 g/mol. The number of primary amides is 1. The molecule has 0 aliphatic carbocycles. The van der Waals surface area contributed by atoms with E-state index in [9.17, 15) is 9.59 Å². The Balaban J connectivity index is 0.00000264. The van der Waals surface area contributed by atoms with Gasteiger partial charge in [-0.2, -0.15) is 0 Å². The van der Waals surface area contributed by atoms with Crippen LogP contribution in [0.3, 0.4) is 0 Å². The van der Waals surface area contributed by atoms with Crippen LogP contribution >= 0.6 is 12.4 Å². The maximum absolute atomic E-state index is 12.8. The standard InChI is InChI=1S/C17H25N3O2.ClH/c1-13-11-15(7-9-19-13)17(22)20(10-8-16(18)21)12-14-5-3-2-4-6-14;/h2-6,13,15,19H,7-12H2,1H3,(H2,18,21);1H/t13-,15-;/m0./s1. The Kier molecular flexibility index (Phi) is 8.06. The van der Waals surface area contributed by atoms with Crippen LogP contribution in [0.5, 0.6) is 0 Å². The van der Waals surface area contributed by atoms with Crippen LogP contribution in [0.1, 0.15) is 31.7 Å². The molecule has 0 aromatic heterocycles. The summed E-state index contributed by atoms with van der Waals surface area (Å²) in [6.45, 7) is 3.89. The Labute approximate surface area is 144 Å². The van der Waals surface area contributed by atoms with Gasteiger partial charge in [0.1, 0.15) is 0 Å². The molecule has 2 atom stereocenters. The minimum atomic E-state index is -0.371. The number of halogens is 1. The van der Waals surface area contributed by atoms with Crippen molar-refractivity contribution in [3.05, 3.63) is 35.9 Å². The molecule has 1 aromatic carbocycles. The van der Waals surface area contributed by atoms with E-state index in [4.69, 9.17) is 5.73 Å².